The number of piperazine rings is 1. The summed E-state index contributed by atoms with van der Waals surface area (Å²) in [7, 11) is 0. The summed E-state index contributed by atoms with van der Waals surface area (Å²) in [5, 5.41) is 3.86. The van der Waals surface area contributed by atoms with Gasteiger partial charge in [-0.25, -0.2) is 4.98 Å². The van der Waals surface area contributed by atoms with Crippen LogP contribution in [0.5, 0.6) is 0 Å². The van der Waals surface area contributed by atoms with Crippen molar-refractivity contribution in [2.75, 3.05) is 31.1 Å². The summed E-state index contributed by atoms with van der Waals surface area (Å²) in [4.78, 5) is 13.6. The summed E-state index contributed by atoms with van der Waals surface area (Å²) in [6.07, 6.45) is 1.81. The number of aromatic nitrogens is 3. The molecule has 1 aliphatic rings. The molecule has 1 saturated heterocycles. The molecular formula is C19H21N5O. The Hall–Kier alpha value is -2.73. The van der Waals surface area contributed by atoms with Crippen LogP contribution in [0.1, 0.15) is 11.4 Å². The van der Waals surface area contributed by atoms with Crippen molar-refractivity contribution in [2.45, 2.75) is 13.5 Å². The third-order valence-electron chi connectivity index (χ3n) is 4.47. The average molecular weight is 335 g/mol. The minimum Gasteiger partial charge on any atom is -0.354 e. The Labute approximate surface area is 147 Å². The van der Waals surface area contributed by atoms with Crippen LogP contribution in [-0.4, -0.2) is 46.2 Å². The number of rotatable bonds is 4. The van der Waals surface area contributed by atoms with E-state index in [2.05, 4.69) is 55.3 Å². The molecule has 0 amide bonds. The zero-order valence-electron chi connectivity index (χ0n) is 14.3. The highest BCUT2D eigenvalue weighted by atomic mass is 16.5. The smallest absolute Gasteiger partial charge is 0.258 e. The first kappa shape index (κ1) is 15.8. The third kappa shape index (κ3) is 3.69. The first-order valence-corrected chi connectivity index (χ1v) is 8.56. The van der Waals surface area contributed by atoms with Crippen LogP contribution >= 0.6 is 0 Å². The predicted octanol–water partition coefficient (Wildman–Crippen LogP) is 2.76. The number of pyridine rings is 1. The minimum absolute atomic E-state index is 0.545. The molecule has 25 heavy (non-hydrogen) atoms. The largest absolute Gasteiger partial charge is 0.354 e. The van der Waals surface area contributed by atoms with Gasteiger partial charge in [0.2, 0.25) is 0 Å². The van der Waals surface area contributed by atoms with Crippen LogP contribution in [0.15, 0.2) is 53.2 Å². The van der Waals surface area contributed by atoms with Gasteiger partial charge in [0.25, 0.3) is 5.89 Å². The molecule has 0 bridgehead atoms. The quantitative estimate of drug-likeness (QED) is 0.731. The van der Waals surface area contributed by atoms with Crippen molar-refractivity contribution < 1.29 is 4.52 Å². The lowest BCUT2D eigenvalue weighted by molar-refractivity contribution is 0.249. The first-order valence-electron chi connectivity index (χ1n) is 8.56. The maximum atomic E-state index is 5.26. The molecule has 1 aliphatic heterocycles. The van der Waals surface area contributed by atoms with Gasteiger partial charge in [0.05, 0.1) is 0 Å². The molecule has 6 nitrogen and oxygen atoms in total. The SMILES string of the molecule is Cc1noc(-c2ccnc(N3CCN(Cc4ccccc4)CC3)c2)n1. The van der Waals surface area contributed by atoms with E-state index in [9.17, 15) is 0 Å². The molecular weight excluding hydrogens is 314 g/mol. The van der Waals surface area contributed by atoms with Gasteiger partial charge >= 0.3 is 0 Å². The summed E-state index contributed by atoms with van der Waals surface area (Å²) >= 11 is 0. The predicted molar refractivity (Wildman–Crippen MR) is 96.2 cm³/mol. The van der Waals surface area contributed by atoms with Crippen molar-refractivity contribution >= 4 is 5.82 Å². The number of benzene rings is 1. The molecule has 6 heteroatoms. The Morgan fingerprint density at radius 3 is 2.56 bits per heavy atom. The average Bonchev–Trinajstić information content (AvgIpc) is 3.10. The van der Waals surface area contributed by atoms with Crippen LogP contribution in [0.25, 0.3) is 11.5 Å². The van der Waals surface area contributed by atoms with E-state index in [0.29, 0.717) is 11.7 Å². The Bertz CT molecular complexity index is 825. The van der Waals surface area contributed by atoms with Gasteiger partial charge in [0, 0.05) is 44.5 Å². The fraction of sp³-hybridized carbons (Fsp3) is 0.316. The number of aryl methyl sites for hydroxylation is 1. The van der Waals surface area contributed by atoms with Gasteiger partial charge < -0.3 is 9.42 Å². The van der Waals surface area contributed by atoms with E-state index in [1.807, 2.05) is 19.1 Å². The lowest BCUT2D eigenvalue weighted by atomic mass is 10.2. The summed E-state index contributed by atoms with van der Waals surface area (Å²) in [6, 6.07) is 14.6. The van der Waals surface area contributed by atoms with Crippen molar-refractivity contribution in [3.8, 4) is 11.5 Å². The lowest BCUT2D eigenvalue weighted by Gasteiger charge is -2.35. The van der Waals surface area contributed by atoms with Crippen molar-refractivity contribution in [1.29, 1.82) is 0 Å². The first-order chi connectivity index (χ1) is 12.3. The van der Waals surface area contributed by atoms with Gasteiger partial charge in [0.15, 0.2) is 5.82 Å². The molecule has 3 aromatic rings. The molecule has 128 valence electrons. The van der Waals surface area contributed by atoms with Gasteiger partial charge in [-0.2, -0.15) is 4.98 Å². The highest BCUT2D eigenvalue weighted by molar-refractivity contribution is 5.58. The fourth-order valence-corrected chi connectivity index (χ4v) is 3.12. The Balaban J connectivity index is 1.41. The standard InChI is InChI=1S/C19H21N5O/c1-15-21-19(25-22-15)17-7-8-20-18(13-17)24-11-9-23(10-12-24)14-16-5-3-2-4-6-16/h2-8,13H,9-12,14H2,1H3. The molecule has 0 radical (unpaired) electrons. The van der Waals surface area contributed by atoms with Crippen molar-refractivity contribution in [1.82, 2.24) is 20.0 Å². The molecule has 1 fully saturated rings. The van der Waals surface area contributed by atoms with Crippen LogP contribution in [0.4, 0.5) is 5.82 Å². The molecule has 0 atom stereocenters. The molecule has 1 aromatic carbocycles. The van der Waals surface area contributed by atoms with E-state index in [0.717, 1.165) is 44.1 Å². The van der Waals surface area contributed by atoms with E-state index in [1.54, 1.807) is 6.20 Å². The zero-order chi connectivity index (χ0) is 17.1. The van der Waals surface area contributed by atoms with Crippen LogP contribution in [-0.2, 0) is 6.54 Å². The highest BCUT2D eigenvalue weighted by Gasteiger charge is 2.19. The molecule has 0 spiro atoms. The van der Waals surface area contributed by atoms with E-state index < -0.39 is 0 Å². The minimum atomic E-state index is 0.545. The molecule has 0 saturated carbocycles. The summed E-state index contributed by atoms with van der Waals surface area (Å²) < 4.78 is 5.26. The van der Waals surface area contributed by atoms with E-state index in [-0.39, 0.29) is 0 Å². The van der Waals surface area contributed by atoms with E-state index >= 15 is 0 Å². The van der Waals surface area contributed by atoms with Crippen molar-refractivity contribution in [3.63, 3.8) is 0 Å². The van der Waals surface area contributed by atoms with Crippen LogP contribution < -0.4 is 4.90 Å². The van der Waals surface area contributed by atoms with Crippen molar-refractivity contribution in [3.05, 3.63) is 60.0 Å². The topological polar surface area (TPSA) is 58.3 Å². The van der Waals surface area contributed by atoms with E-state index in [4.69, 9.17) is 4.52 Å². The molecule has 0 aliphatic carbocycles. The maximum Gasteiger partial charge on any atom is 0.258 e. The second kappa shape index (κ2) is 7.03. The number of hydrogen-bond donors (Lipinski definition) is 0. The van der Waals surface area contributed by atoms with Gasteiger partial charge in [-0.15, -0.1) is 0 Å². The van der Waals surface area contributed by atoms with Gasteiger partial charge in [-0.3, -0.25) is 4.90 Å². The molecule has 4 rings (SSSR count). The lowest BCUT2D eigenvalue weighted by Crippen LogP contribution is -2.46. The highest BCUT2D eigenvalue weighted by Crippen LogP contribution is 2.22. The van der Waals surface area contributed by atoms with E-state index in [1.165, 1.54) is 5.56 Å². The van der Waals surface area contributed by atoms with Gasteiger partial charge in [-0.1, -0.05) is 35.5 Å². The molecule has 3 heterocycles. The van der Waals surface area contributed by atoms with Crippen LogP contribution in [0.3, 0.4) is 0 Å². The summed E-state index contributed by atoms with van der Waals surface area (Å²) in [6.45, 7) is 6.81. The van der Waals surface area contributed by atoms with Gasteiger partial charge in [0.1, 0.15) is 5.82 Å². The Morgan fingerprint density at radius 2 is 1.84 bits per heavy atom. The zero-order valence-corrected chi connectivity index (χ0v) is 14.3. The van der Waals surface area contributed by atoms with Crippen LogP contribution in [0, 0.1) is 6.92 Å². The third-order valence-corrected chi connectivity index (χ3v) is 4.47. The monoisotopic (exact) mass is 335 g/mol. The Kier molecular flexibility index (Phi) is 4.43. The number of nitrogens with zero attached hydrogens (tertiary/aromatic N) is 5. The number of hydrogen-bond acceptors (Lipinski definition) is 6. The summed E-state index contributed by atoms with van der Waals surface area (Å²) in [5.41, 5.74) is 2.28. The Morgan fingerprint density at radius 1 is 1.04 bits per heavy atom. The van der Waals surface area contributed by atoms with Crippen molar-refractivity contribution in [2.24, 2.45) is 0 Å². The second-order valence-electron chi connectivity index (χ2n) is 6.30. The fourth-order valence-electron chi connectivity index (χ4n) is 3.12. The molecule has 2 aromatic heterocycles. The maximum absolute atomic E-state index is 5.26. The van der Waals surface area contributed by atoms with Gasteiger partial charge in [-0.05, 0) is 24.6 Å². The number of anilines is 1. The second-order valence-corrected chi connectivity index (χ2v) is 6.30. The summed E-state index contributed by atoms with van der Waals surface area (Å²) in [5.74, 6) is 2.15. The molecule has 0 unspecified atom stereocenters. The normalized spacial score (nSPS) is 15.5. The van der Waals surface area contributed by atoms with Crippen LogP contribution in [0.2, 0.25) is 0 Å². The molecule has 0 N–H and O–H groups in total.